The predicted molar refractivity (Wildman–Crippen MR) is 87.1 cm³/mol. The van der Waals surface area contributed by atoms with E-state index in [1.165, 1.54) is 29.8 Å². The Morgan fingerprint density at radius 1 is 1.18 bits per heavy atom. The summed E-state index contributed by atoms with van der Waals surface area (Å²) in [6.45, 7) is 7.56. The van der Waals surface area contributed by atoms with Gasteiger partial charge in [-0.3, -0.25) is 10.1 Å². The highest BCUT2D eigenvalue weighted by molar-refractivity contribution is 7.16. The molecule has 1 N–H and O–H groups in total. The van der Waals surface area contributed by atoms with Crippen LogP contribution in [0.25, 0.3) is 0 Å². The summed E-state index contributed by atoms with van der Waals surface area (Å²) in [4.78, 5) is 33.8. The molecule has 1 amide bonds. The maximum absolute atomic E-state index is 12.3. The first-order valence-electron chi connectivity index (χ1n) is 6.67. The number of hydrogen-bond acceptors (Lipinski definition) is 7. The first kappa shape index (κ1) is 16.6. The van der Waals surface area contributed by atoms with Gasteiger partial charge in [0, 0.05) is 4.88 Å². The van der Waals surface area contributed by atoms with Gasteiger partial charge in [0.25, 0.3) is 5.91 Å². The molecule has 0 saturated carbocycles. The summed E-state index contributed by atoms with van der Waals surface area (Å²) in [5, 5.41) is 3.96. The van der Waals surface area contributed by atoms with Gasteiger partial charge in [-0.05, 0) is 19.8 Å². The standard InChI is InChI=1S/C14H17N3O3S2/c1-6(2)10-9(13(19)20-5)16-14(22-10)17-12(18)11-7(3)15-8(4)21-11/h6H,1-5H3,(H,16,17,18). The fourth-order valence-corrected chi connectivity index (χ4v) is 3.68. The average molecular weight is 339 g/mol. The van der Waals surface area contributed by atoms with E-state index in [4.69, 9.17) is 4.74 Å². The van der Waals surface area contributed by atoms with Crippen LogP contribution in [0.15, 0.2) is 0 Å². The molecule has 118 valence electrons. The smallest absolute Gasteiger partial charge is 0.357 e. The summed E-state index contributed by atoms with van der Waals surface area (Å²) in [5.74, 6) is -0.640. The van der Waals surface area contributed by atoms with Gasteiger partial charge in [0.05, 0.1) is 17.8 Å². The lowest BCUT2D eigenvalue weighted by atomic mass is 10.1. The zero-order valence-electron chi connectivity index (χ0n) is 13.0. The topological polar surface area (TPSA) is 81.2 Å². The zero-order chi connectivity index (χ0) is 16.4. The number of aryl methyl sites for hydroxylation is 2. The van der Waals surface area contributed by atoms with Gasteiger partial charge < -0.3 is 4.74 Å². The largest absolute Gasteiger partial charge is 0.464 e. The Labute approximate surface area is 136 Å². The van der Waals surface area contributed by atoms with Gasteiger partial charge in [-0.1, -0.05) is 13.8 Å². The fraction of sp³-hybridized carbons (Fsp3) is 0.429. The summed E-state index contributed by atoms with van der Waals surface area (Å²) >= 11 is 2.62. The minimum Gasteiger partial charge on any atom is -0.464 e. The predicted octanol–water partition coefficient (Wildman–Crippen LogP) is 3.38. The zero-order valence-corrected chi connectivity index (χ0v) is 14.6. The molecule has 6 nitrogen and oxygen atoms in total. The third-order valence-corrected chi connectivity index (χ3v) is 5.23. The lowest BCUT2D eigenvalue weighted by molar-refractivity contribution is 0.0593. The molecule has 0 saturated heterocycles. The van der Waals surface area contributed by atoms with Crippen molar-refractivity contribution in [1.82, 2.24) is 9.97 Å². The summed E-state index contributed by atoms with van der Waals surface area (Å²) in [5.41, 5.74) is 0.948. The number of rotatable bonds is 4. The van der Waals surface area contributed by atoms with Crippen LogP contribution in [0, 0.1) is 13.8 Å². The van der Waals surface area contributed by atoms with Gasteiger partial charge in [0.2, 0.25) is 0 Å². The number of methoxy groups -OCH3 is 1. The van der Waals surface area contributed by atoms with Crippen LogP contribution >= 0.6 is 22.7 Å². The highest BCUT2D eigenvalue weighted by Crippen LogP contribution is 2.31. The van der Waals surface area contributed by atoms with Gasteiger partial charge in [-0.25, -0.2) is 14.8 Å². The lowest BCUT2D eigenvalue weighted by Gasteiger charge is -2.02. The Morgan fingerprint density at radius 2 is 1.86 bits per heavy atom. The molecule has 0 bridgehead atoms. The first-order chi connectivity index (χ1) is 10.3. The molecule has 0 atom stereocenters. The summed E-state index contributed by atoms with van der Waals surface area (Å²) < 4.78 is 4.74. The number of carbonyl (C=O) groups excluding carboxylic acids is 2. The van der Waals surface area contributed by atoms with E-state index in [1.807, 2.05) is 20.8 Å². The average Bonchev–Trinajstić information content (AvgIpc) is 3.01. The number of aromatic nitrogens is 2. The number of thiazole rings is 2. The highest BCUT2D eigenvalue weighted by Gasteiger charge is 2.23. The second-order valence-electron chi connectivity index (χ2n) is 4.98. The van der Waals surface area contributed by atoms with Crippen molar-refractivity contribution in [2.24, 2.45) is 0 Å². The van der Waals surface area contributed by atoms with Crippen LogP contribution in [0.1, 0.15) is 55.5 Å². The number of carbonyl (C=O) groups is 2. The summed E-state index contributed by atoms with van der Waals surface area (Å²) in [6, 6.07) is 0. The Balaban J connectivity index is 2.28. The van der Waals surface area contributed by atoms with E-state index in [1.54, 1.807) is 6.92 Å². The van der Waals surface area contributed by atoms with Crippen LogP contribution in [-0.4, -0.2) is 29.0 Å². The van der Waals surface area contributed by atoms with Crippen molar-refractivity contribution in [3.8, 4) is 0 Å². The molecule has 8 heteroatoms. The molecule has 0 unspecified atom stereocenters. The summed E-state index contributed by atoms with van der Waals surface area (Å²) in [7, 11) is 1.31. The van der Waals surface area contributed by atoms with E-state index in [2.05, 4.69) is 15.3 Å². The quantitative estimate of drug-likeness (QED) is 0.864. The number of esters is 1. The molecule has 0 radical (unpaired) electrons. The number of anilines is 1. The fourth-order valence-electron chi connectivity index (χ4n) is 1.92. The number of amides is 1. The lowest BCUT2D eigenvalue weighted by Crippen LogP contribution is -2.12. The molecule has 2 heterocycles. The van der Waals surface area contributed by atoms with Crippen LogP contribution in [0.5, 0.6) is 0 Å². The molecule has 0 fully saturated rings. The van der Waals surface area contributed by atoms with Crippen molar-refractivity contribution in [3.05, 3.63) is 26.1 Å². The van der Waals surface area contributed by atoms with Gasteiger partial charge in [0.1, 0.15) is 4.88 Å². The second kappa shape index (κ2) is 6.53. The van der Waals surface area contributed by atoms with Crippen molar-refractivity contribution in [2.75, 3.05) is 12.4 Å². The number of nitrogens with one attached hydrogen (secondary N) is 1. The number of nitrogens with zero attached hydrogens (tertiary/aromatic N) is 2. The molecule has 22 heavy (non-hydrogen) atoms. The van der Waals surface area contributed by atoms with Crippen molar-refractivity contribution >= 4 is 39.7 Å². The molecular weight excluding hydrogens is 322 g/mol. The molecule has 0 aliphatic rings. The number of ether oxygens (including phenoxy) is 1. The number of hydrogen-bond donors (Lipinski definition) is 1. The second-order valence-corrected chi connectivity index (χ2v) is 7.21. The van der Waals surface area contributed by atoms with Crippen LogP contribution in [0.4, 0.5) is 5.13 Å². The third-order valence-electron chi connectivity index (χ3n) is 2.89. The van der Waals surface area contributed by atoms with Gasteiger partial charge in [-0.2, -0.15) is 0 Å². The maximum atomic E-state index is 12.3. The Kier molecular flexibility index (Phi) is 4.92. The Bertz CT molecular complexity index is 719. The van der Waals surface area contributed by atoms with E-state index in [-0.39, 0.29) is 17.5 Å². The van der Waals surface area contributed by atoms with Crippen molar-refractivity contribution in [1.29, 1.82) is 0 Å². The van der Waals surface area contributed by atoms with Crippen LogP contribution in [0.3, 0.4) is 0 Å². The van der Waals surface area contributed by atoms with Crippen molar-refractivity contribution in [3.63, 3.8) is 0 Å². The van der Waals surface area contributed by atoms with Gasteiger partial charge in [-0.15, -0.1) is 22.7 Å². The molecule has 0 spiro atoms. The van der Waals surface area contributed by atoms with Crippen molar-refractivity contribution in [2.45, 2.75) is 33.6 Å². The normalized spacial score (nSPS) is 10.8. The Hall–Kier alpha value is -1.80. The maximum Gasteiger partial charge on any atom is 0.357 e. The first-order valence-corrected chi connectivity index (χ1v) is 8.31. The highest BCUT2D eigenvalue weighted by atomic mass is 32.1. The van der Waals surface area contributed by atoms with Crippen molar-refractivity contribution < 1.29 is 14.3 Å². The molecular formula is C14H17N3O3S2. The van der Waals surface area contributed by atoms with Crippen LogP contribution < -0.4 is 5.32 Å². The van der Waals surface area contributed by atoms with Crippen LogP contribution in [0.2, 0.25) is 0 Å². The van der Waals surface area contributed by atoms with Gasteiger partial charge in [0.15, 0.2) is 10.8 Å². The molecule has 0 aliphatic carbocycles. The molecule has 2 aromatic rings. The molecule has 0 aromatic carbocycles. The van der Waals surface area contributed by atoms with E-state index < -0.39 is 5.97 Å². The molecule has 2 rings (SSSR count). The van der Waals surface area contributed by atoms with Crippen LogP contribution in [-0.2, 0) is 4.74 Å². The third kappa shape index (κ3) is 3.33. The minimum atomic E-state index is -0.495. The Morgan fingerprint density at radius 3 is 2.36 bits per heavy atom. The molecule has 0 aliphatic heterocycles. The SMILES string of the molecule is COC(=O)c1nc(NC(=O)c2sc(C)nc2C)sc1C(C)C. The van der Waals surface area contributed by atoms with E-state index in [0.717, 1.165) is 9.88 Å². The summed E-state index contributed by atoms with van der Waals surface area (Å²) in [6.07, 6.45) is 0. The minimum absolute atomic E-state index is 0.115. The van der Waals surface area contributed by atoms with E-state index >= 15 is 0 Å². The van der Waals surface area contributed by atoms with E-state index in [0.29, 0.717) is 15.7 Å². The van der Waals surface area contributed by atoms with Gasteiger partial charge >= 0.3 is 5.97 Å². The van der Waals surface area contributed by atoms with E-state index in [9.17, 15) is 9.59 Å². The monoisotopic (exact) mass is 339 g/mol. The molecule has 2 aromatic heterocycles.